The molecule has 0 saturated heterocycles. The van der Waals surface area contributed by atoms with Gasteiger partial charge in [0.15, 0.2) is 0 Å². The van der Waals surface area contributed by atoms with Crippen molar-refractivity contribution in [2.45, 2.75) is 6.92 Å². The molecule has 0 aliphatic rings. The van der Waals surface area contributed by atoms with Gasteiger partial charge in [-0.3, -0.25) is 9.59 Å². The molecule has 0 fully saturated rings. The van der Waals surface area contributed by atoms with Gasteiger partial charge in [-0.05, 0) is 43.3 Å². The zero-order chi connectivity index (χ0) is 16.7. The Morgan fingerprint density at radius 1 is 1.13 bits per heavy atom. The van der Waals surface area contributed by atoms with E-state index in [1.807, 2.05) is 13.0 Å². The summed E-state index contributed by atoms with van der Waals surface area (Å²) < 4.78 is 10.4. The number of thiophene rings is 1. The molecule has 2 rings (SSSR count). The first-order valence-corrected chi connectivity index (χ1v) is 8.12. The van der Waals surface area contributed by atoms with Crippen LogP contribution >= 0.6 is 22.9 Å². The van der Waals surface area contributed by atoms with Gasteiger partial charge < -0.3 is 14.8 Å². The van der Waals surface area contributed by atoms with E-state index in [1.54, 1.807) is 30.3 Å². The van der Waals surface area contributed by atoms with E-state index in [0.717, 1.165) is 4.88 Å². The highest BCUT2D eigenvalue weighted by Crippen LogP contribution is 2.15. The van der Waals surface area contributed by atoms with Gasteiger partial charge in [0.25, 0.3) is 5.91 Å². The van der Waals surface area contributed by atoms with E-state index in [0.29, 0.717) is 15.6 Å². The third-order valence-corrected chi connectivity index (χ3v) is 4.04. The fourth-order valence-corrected chi connectivity index (χ4v) is 2.60. The minimum atomic E-state index is -0.508. The highest BCUT2D eigenvalue weighted by molar-refractivity contribution is 7.13. The molecule has 7 heteroatoms. The summed E-state index contributed by atoms with van der Waals surface area (Å²) in [5.74, 6) is -0.143. The second-order valence-electron chi connectivity index (χ2n) is 4.62. The fourth-order valence-electron chi connectivity index (χ4n) is 1.69. The average Bonchev–Trinajstić information content (AvgIpc) is 2.97. The van der Waals surface area contributed by atoms with Gasteiger partial charge in [0.05, 0.1) is 4.88 Å². The summed E-state index contributed by atoms with van der Waals surface area (Å²) in [4.78, 5) is 24.9. The predicted octanol–water partition coefficient (Wildman–Crippen LogP) is 3.06. The van der Waals surface area contributed by atoms with Crippen molar-refractivity contribution in [3.63, 3.8) is 0 Å². The summed E-state index contributed by atoms with van der Waals surface area (Å²) in [7, 11) is 0. The molecule has 0 aliphatic heterocycles. The highest BCUT2D eigenvalue weighted by Gasteiger charge is 2.10. The van der Waals surface area contributed by atoms with E-state index in [1.165, 1.54) is 11.3 Å². The molecule has 1 aromatic heterocycles. The van der Waals surface area contributed by atoms with Crippen LogP contribution in [-0.4, -0.2) is 31.6 Å². The van der Waals surface area contributed by atoms with E-state index in [4.69, 9.17) is 21.1 Å². The molecule has 5 nitrogen and oxygen atoms in total. The van der Waals surface area contributed by atoms with Crippen molar-refractivity contribution in [3.05, 3.63) is 51.2 Å². The quantitative estimate of drug-likeness (QED) is 0.613. The number of rotatable bonds is 7. The first-order valence-electron chi connectivity index (χ1n) is 6.93. The van der Waals surface area contributed by atoms with Gasteiger partial charge in [-0.2, -0.15) is 0 Å². The maximum absolute atomic E-state index is 11.8. The molecular formula is C16H16ClNO4S. The van der Waals surface area contributed by atoms with E-state index in [9.17, 15) is 9.59 Å². The average molecular weight is 354 g/mol. The first-order chi connectivity index (χ1) is 11.0. The van der Waals surface area contributed by atoms with Crippen LogP contribution in [0.4, 0.5) is 0 Å². The van der Waals surface area contributed by atoms with Crippen LogP contribution in [0, 0.1) is 6.92 Å². The standard InChI is InChI=1S/C16H16ClNO4S/c1-11-2-7-14(23-11)16(20)18-10-15(19)22-9-8-21-13-5-3-12(17)4-6-13/h2-7H,8-10H2,1H3,(H,18,20). The molecule has 1 heterocycles. The van der Waals surface area contributed by atoms with Gasteiger partial charge >= 0.3 is 5.97 Å². The largest absolute Gasteiger partial charge is 0.490 e. The maximum Gasteiger partial charge on any atom is 0.325 e. The van der Waals surface area contributed by atoms with Crippen LogP contribution in [0.25, 0.3) is 0 Å². The summed E-state index contributed by atoms with van der Waals surface area (Å²) >= 11 is 7.14. The molecular weight excluding hydrogens is 338 g/mol. The van der Waals surface area contributed by atoms with Crippen LogP contribution in [0.3, 0.4) is 0 Å². The third-order valence-electron chi connectivity index (χ3n) is 2.79. The second-order valence-corrected chi connectivity index (χ2v) is 6.34. The lowest BCUT2D eigenvalue weighted by Crippen LogP contribution is -2.30. The van der Waals surface area contributed by atoms with Gasteiger partial charge in [0.2, 0.25) is 0 Å². The number of carbonyl (C=O) groups is 2. The van der Waals surface area contributed by atoms with Crippen LogP contribution in [0.2, 0.25) is 5.02 Å². The number of amides is 1. The van der Waals surface area contributed by atoms with Crippen molar-refractivity contribution in [1.82, 2.24) is 5.32 Å². The van der Waals surface area contributed by atoms with Crippen molar-refractivity contribution in [2.75, 3.05) is 19.8 Å². The number of aryl methyl sites for hydroxylation is 1. The monoisotopic (exact) mass is 353 g/mol. The lowest BCUT2D eigenvalue weighted by atomic mass is 10.3. The summed E-state index contributed by atoms with van der Waals surface area (Å²) in [6, 6.07) is 10.5. The lowest BCUT2D eigenvalue weighted by molar-refractivity contribution is -0.143. The number of halogens is 1. The molecule has 1 aromatic carbocycles. The summed E-state index contributed by atoms with van der Waals surface area (Å²) in [5, 5.41) is 3.14. The molecule has 23 heavy (non-hydrogen) atoms. The Hall–Kier alpha value is -2.05. The molecule has 0 atom stereocenters. The van der Waals surface area contributed by atoms with Crippen LogP contribution < -0.4 is 10.1 Å². The number of esters is 1. The van der Waals surface area contributed by atoms with E-state index < -0.39 is 5.97 Å². The first kappa shape index (κ1) is 17.3. The van der Waals surface area contributed by atoms with Crippen LogP contribution in [0.5, 0.6) is 5.75 Å². The molecule has 1 N–H and O–H groups in total. The topological polar surface area (TPSA) is 64.6 Å². The smallest absolute Gasteiger partial charge is 0.325 e. The Balaban J connectivity index is 1.61. The van der Waals surface area contributed by atoms with Gasteiger partial charge in [-0.1, -0.05) is 11.6 Å². The third kappa shape index (κ3) is 5.92. The predicted molar refractivity (Wildman–Crippen MR) is 89.3 cm³/mol. The SMILES string of the molecule is Cc1ccc(C(=O)NCC(=O)OCCOc2ccc(Cl)cc2)s1. The number of hydrogen-bond donors (Lipinski definition) is 1. The maximum atomic E-state index is 11.8. The second kappa shape index (κ2) is 8.55. The number of carbonyl (C=O) groups excluding carboxylic acids is 2. The van der Waals surface area contributed by atoms with E-state index in [-0.39, 0.29) is 25.7 Å². The zero-order valence-corrected chi connectivity index (χ0v) is 14.1. The molecule has 1 amide bonds. The van der Waals surface area contributed by atoms with Gasteiger partial charge in [0.1, 0.15) is 25.5 Å². The lowest BCUT2D eigenvalue weighted by Gasteiger charge is -2.08. The van der Waals surface area contributed by atoms with Crippen LogP contribution in [-0.2, 0) is 9.53 Å². The number of nitrogens with one attached hydrogen (secondary N) is 1. The number of hydrogen-bond acceptors (Lipinski definition) is 5. The molecule has 0 bridgehead atoms. The summed E-state index contributed by atoms with van der Waals surface area (Å²) in [5.41, 5.74) is 0. The van der Waals surface area contributed by atoms with Crippen molar-refractivity contribution >= 4 is 34.8 Å². The Kier molecular flexibility index (Phi) is 6.43. The van der Waals surface area contributed by atoms with Crippen molar-refractivity contribution in [3.8, 4) is 5.75 Å². The van der Waals surface area contributed by atoms with Crippen LogP contribution in [0.15, 0.2) is 36.4 Å². The minimum absolute atomic E-state index is 0.107. The molecule has 0 aliphatic carbocycles. The Morgan fingerprint density at radius 2 is 1.87 bits per heavy atom. The summed E-state index contributed by atoms with van der Waals surface area (Å²) in [6.45, 7) is 2.08. The minimum Gasteiger partial charge on any atom is -0.490 e. The van der Waals surface area contributed by atoms with Crippen LogP contribution in [0.1, 0.15) is 14.5 Å². The normalized spacial score (nSPS) is 10.2. The molecule has 0 saturated carbocycles. The van der Waals surface area contributed by atoms with Crippen molar-refractivity contribution in [1.29, 1.82) is 0 Å². The molecule has 0 radical (unpaired) electrons. The zero-order valence-electron chi connectivity index (χ0n) is 12.5. The van der Waals surface area contributed by atoms with Gasteiger partial charge in [-0.15, -0.1) is 11.3 Å². The Labute approximate surface area is 143 Å². The van der Waals surface area contributed by atoms with E-state index >= 15 is 0 Å². The molecule has 0 unspecified atom stereocenters. The molecule has 2 aromatic rings. The Morgan fingerprint density at radius 3 is 2.52 bits per heavy atom. The van der Waals surface area contributed by atoms with E-state index in [2.05, 4.69) is 5.32 Å². The number of benzene rings is 1. The number of ether oxygens (including phenoxy) is 2. The summed E-state index contributed by atoms with van der Waals surface area (Å²) in [6.07, 6.45) is 0. The Bertz CT molecular complexity index is 669. The fraction of sp³-hybridized carbons (Fsp3) is 0.250. The van der Waals surface area contributed by atoms with Crippen molar-refractivity contribution < 1.29 is 19.1 Å². The highest BCUT2D eigenvalue weighted by atomic mass is 35.5. The molecule has 122 valence electrons. The van der Waals surface area contributed by atoms with Gasteiger partial charge in [-0.25, -0.2) is 0 Å². The molecule has 0 spiro atoms. The van der Waals surface area contributed by atoms with Gasteiger partial charge in [0, 0.05) is 9.90 Å². The van der Waals surface area contributed by atoms with Crippen molar-refractivity contribution in [2.24, 2.45) is 0 Å².